The van der Waals surface area contributed by atoms with E-state index in [1.165, 1.54) is 11.1 Å². The number of hydrogen-bond donors (Lipinski definition) is 0. The number of hydrogen-bond acceptors (Lipinski definition) is 5. The van der Waals surface area contributed by atoms with Crippen molar-refractivity contribution in [3.8, 4) is 17.1 Å². The van der Waals surface area contributed by atoms with Crippen molar-refractivity contribution in [2.45, 2.75) is 32.9 Å². The van der Waals surface area contributed by atoms with Crippen molar-refractivity contribution in [1.29, 1.82) is 0 Å². The first kappa shape index (κ1) is 18.1. The van der Waals surface area contributed by atoms with Gasteiger partial charge in [0.05, 0.1) is 13.7 Å². The Balaban J connectivity index is 1.64. The molecule has 0 unspecified atom stereocenters. The van der Waals surface area contributed by atoms with E-state index in [-0.39, 0.29) is 0 Å². The van der Waals surface area contributed by atoms with E-state index < -0.39 is 0 Å². The number of rotatable bonds is 7. The van der Waals surface area contributed by atoms with Crippen LogP contribution in [-0.4, -0.2) is 29.2 Å². The Morgan fingerprint density at radius 2 is 1.85 bits per heavy atom. The van der Waals surface area contributed by atoms with Crippen molar-refractivity contribution in [2.24, 2.45) is 0 Å². The highest BCUT2D eigenvalue weighted by Crippen LogP contribution is 2.21. The van der Waals surface area contributed by atoms with E-state index >= 15 is 0 Å². The summed E-state index contributed by atoms with van der Waals surface area (Å²) < 4.78 is 10.7. The molecule has 0 radical (unpaired) electrons. The van der Waals surface area contributed by atoms with Crippen molar-refractivity contribution < 1.29 is 9.26 Å². The van der Waals surface area contributed by atoms with Crippen molar-refractivity contribution in [2.75, 3.05) is 14.2 Å². The summed E-state index contributed by atoms with van der Waals surface area (Å²) in [5.41, 5.74) is 3.45. The van der Waals surface area contributed by atoms with E-state index in [0.29, 0.717) is 24.2 Å². The fourth-order valence-corrected chi connectivity index (χ4v) is 2.82. The van der Waals surface area contributed by atoms with Crippen LogP contribution >= 0.6 is 0 Å². The van der Waals surface area contributed by atoms with Gasteiger partial charge in [-0.05, 0) is 36.2 Å². The maximum Gasteiger partial charge on any atom is 0.241 e. The standard InChI is InChI=1S/C21H25N3O2/c1-15(2)17-8-10-18(11-9-17)21-22-20(26-23-21)14-24(3)13-16-6-5-7-19(12-16)25-4/h5-12,15H,13-14H2,1-4H3. The number of ether oxygens (including phenoxy) is 1. The van der Waals surface area contributed by atoms with Crippen molar-refractivity contribution in [1.82, 2.24) is 15.0 Å². The fraction of sp³-hybridized carbons (Fsp3) is 0.333. The van der Waals surface area contributed by atoms with Gasteiger partial charge in [-0.25, -0.2) is 0 Å². The van der Waals surface area contributed by atoms with Crippen LogP contribution in [0.15, 0.2) is 53.1 Å². The van der Waals surface area contributed by atoms with Gasteiger partial charge in [0.15, 0.2) is 0 Å². The number of benzene rings is 2. The molecule has 3 aromatic rings. The number of aromatic nitrogens is 2. The first-order valence-corrected chi connectivity index (χ1v) is 8.79. The van der Waals surface area contributed by atoms with Crippen molar-refractivity contribution >= 4 is 0 Å². The Bertz CT molecular complexity index is 840. The molecule has 1 heterocycles. The van der Waals surface area contributed by atoms with Crippen LogP contribution in [0.25, 0.3) is 11.4 Å². The Hall–Kier alpha value is -2.66. The molecule has 0 fully saturated rings. The monoisotopic (exact) mass is 351 g/mol. The second kappa shape index (κ2) is 8.15. The van der Waals surface area contributed by atoms with E-state index in [4.69, 9.17) is 9.26 Å². The molecule has 5 heteroatoms. The minimum atomic E-state index is 0.509. The van der Waals surface area contributed by atoms with Gasteiger partial charge < -0.3 is 9.26 Å². The van der Waals surface area contributed by atoms with Crippen LogP contribution in [0.4, 0.5) is 0 Å². The van der Waals surface area contributed by atoms with Crippen LogP contribution in [0.2, 0.25) is 0 Å². The summed E-state index contributed by atoms with van der Waals surface area (Å²) >= 11 is 0. The Morgan fingerprint density at radius 3 is 2.54 bits per heavy atom. The lowest BCUT2D eigenvalue weighted by Gasteiger charge is -2.14. The predicted octanol–water partition coefficient (Wildman–Crippen LogP) is 4.50. The van der Waals surface area contributed by atoms with Gasteiger partial charge in [0.25, 0.3) is 0 Å². The second-order valence-electron chi connectivity index (χ2n) is 6.81. The van der Waals surface area contributed by atoms with Gasteiger partial charge in [-0.15, -0.1) is 0 Å². The molecule has 0 saturated heterocycles. The minimum Gasteiger partial charge on any atom is -0.497 e. The Kier molecular flexibility index (Phi) is 5.68. The lowest BCUT2D eigenvalue weighted by atomic mass is 10.0. The van der Waals surface area contributed by atoms with Gasteiger partial charge in [-0.2, -0.15) is 4.98 Å². The quantitative estimate of drug-likeness (QED) is 0.627. The van der Waals surface area contributed by atoms with Crippen LogP contribution in [0.1, 0.15) is 36.8 Å². The van der Waals surface area contributed by atoms with Gasteiger partial charge in [-0.1, -0.05) is 55.4 Å². The normalized spacial score (nSPS) is 11.3. The fourth-order valence-electron chi connectivity index (χ4n) is 2.82. The van der Waals surface area contributed by atoms with Crippen LogP contribution in [0, 0.1) is 0 Å². The highest BCUT2D eigenvalue weighted by molar-refractivity contribution is 5.54. The maximum atomic E-state index is 5.42. The average molecular weight is 351 g/mol. The summed E-state index contributed by atoms with van der Waals surface area (Å²) in [6.07, 6.45) is 0. The molecule has 136 valence electrons. The second-order valence-corrected chi connectivity index (χ2v) is 6.81. The molecule has 1 aromatic heterocycles. The molecule has 2 aromatic carbocycles. The van der Waals surface area contributed by atoms with Gasteiger partial charge in [-0.3, -0.25) is 4.90 Å². The molecule has 0 spiro atoms. The largest absolute Gasteiger partial charge is 0.497 e. The molecule has 5 nitrogen and oxygen atoms in total. The lowest BCUT2D eigenvalue weighted by Crippen LogP contribution is -2.17. The third-order valence-corrected chi connectivity index (χ3v) is 4.30. The Labute approximate surface area is 154 Å². The number of methoxy groups -OCH3 is 1. The molecular formula is C21H25N3O2. The minimum absolute atomic E-state index is 0.509. The highest BCUT2D eigenvalue weighted by atomic mass is 16.5. The van der Waals surface area contributed by atoms with Crippen molar-refractivity contribution in [3.63, 3.8) is 0 Å². The lowest BCUT2D eigenvalue weighted by molar-refractivity contribution is 0.260. The highest BCUT2D eigenvalue weighted by Gasteiger charge is 2.12. The Morgan fingerprint density at radius 1 is 1.08 bits per heavy atom. The molecule has 0 saturated carbocycles. The zero-order valence-electron chi connectivity index (χ0n) is 15.8. The summed E-state index contributed by atoms with van der Waals surface area (Å²) in [6, 6.07) is 16.4. The summed E-state index contributed by atoms with van der Waals surface area (Å²) in [5, 5.41) is 4.12. The van der Waals surface area contributed by atoms with Crippen LogP contribution in [-0.2, 0) is 13.1 Å². The first-order chi connectivity index (χ1) is 12.5. The van der Waals surface area contributed by atoms with Crippen molar-refractivity contribution in [3.05, 3.63) is 65.5 Å². The SMILES string of the molecule is COc1cccc(CN(C)Cc2nc(-c3ccc(C(C)C)cc3)no2)c1. The van der Waals surface area contributed by atoms with E-state index in [2.05, 4.69) is 47.1 Å². The van der Waals surface area contributed by atoms with Gasteiger partial charge >= 0.3 is 0 Å². The van der Waals surface area contributed by atoms with Crippen LogP contribution < -0.4 is 4.74 Å². The zero-order valence-corrected chi connectivity index (χ0v) is 15.8. The predicted molar refractivity (Wildman–Crippen MR) is 102 cm³/mol. The summed E-state index contributed by atoms with van der Waals surface area (Å²) in [5.74, 6) is 2.61. The first-order valence-electron chi connectivity index (χ1n) is 8.79. The average Bonchev–Trinajstić information content (AvgIpc) is 3.10. The molecule has 0 atom stereocenters. The van der Waals surface area contributed by atoms with Crippen LogP contribution in [0.5, 0.6) is 5.75 Å². The van der Waals surface area contributed by atoms with E-state index in [9.17, 15) is 0 Å². The third kappa shape index (κ3) is 4.49. The van der Waals surface area contributed by atoms with Crippen LogP contribution in [0.3, 0.4) is 0 Å². The molecule has 0 N–H and O–H groups in total. The molecular weight excluding hydrogens is 326 g/mol. The zero-order chi connectivity index (χ0) is 18.5. The summed E-state index contributed by atoms with van der Waals surface area (Å²) in [4.78, 5) is 6.66. The molecule has 0 bridgehead atoms. The topological polar surface area (TPSA) is 51.4 Å². The van der Waals surface area contributed by atoms with Gasteiger partial charge in [0.2, 0.25) is 11.7 Å². The van der Waals surface area contributed by atoms with E-state index in [0.717, 1.165) is 17.9 Å². The van der Waals surface area contributed by atoms with Gasteiger partial charge in [0, 0.05) is 12.1 Å². The third-order valence-electron chi connectivity index (χ3n) is 4.30. The van der Waals surface area contributed by atoms with Gasteiger partial charge in [0.1, 0.15) is 5.75 Å². The molecule has 3 rings (SSSR count). The van der Waals surface area contributed by atoms with E-state index in [1.54, 1.807) is 7.11 Å². The number of nitrogens with zero attached hydrogens (tertiary/aromatic N) is 3. The molecule has 0 amide bonds. The summed E-state index contributed by atoms with van der Waals surface area (Å²) in [6.45, 7) is 5.73. The molecule has 0 aliphatic heterocycles. The molecule has 0 aliphatic rings. The summed E-state index contributed by atoms with van der Waals surface area (Å²) in [7, 11) is 3.71. The molecule has 0 aliphatic carbocycles. The smallest absolute Gasteiger partial charge is 0.241 e. The van der Waals surface area contributed by atoms with E-state index in [1.807, 2.05) is 37.4 Å². The maximum absolute atomic E-state index is 5.42. The molecule has 26 heavy (non-hydrogen) atoms.